The van der Waals surface area contributed by atoms with Gasteiger partial charge < -0.3 is 25.3 Å². The molecule has 0 amide bonds. The van der Waals surface area contributed by atoms with Gasteiger partial charge in [-0.2, -0.15) is 0 Å². The summed E-state index contributed by atoms with van der Waals surface area (Å²) >= 11 is 0. The fourth-order valence-corrected chi connectivity index (χ4v) is 5.43. The van der Waals surface area contributed by atoms with Crippen molar-refractivity contribution in [3.05, 3.63) is 71.8 Å². The van der Waals surface area contributed by atoms with Crippen LogP contribution in [0.1, 0.15) is 22.7 Å². The van der Waals surface area contributed by atoms with E-state index in [2.05, 4.69) is 0 Å². The van der Waals surface area contributed by atoms with Gasteiger partial charge in [0.15, 0.2) is 0 Å². The first-order valence-corrected chi connectivity index (χ1v) is 11.2. The van der Waals surface area contributed by atoms with Crippen LogP contribution in [0.2, 0.25) is 0 Å². The Bertz CT molecular complexity index is 727. The second kappa shape index (κ2) is 8.57. The van der Waals surface area contributed by atoms with E-state index in [9.17, 15) is 28.7 Å². The van der Waals surface area contributed by atoms with Crippen molar-refractivity contribution in [2.24, 2.45) is 5.73 Å². The minimum atomic E-state index is -4.80. The quantitative estimate of drug-likeness (QED) is 0.423. The molecule has 0 spiro atoms. The predicted octanol–water partition coefficient (Wildman–Crippen LogP) is 2.00. The van der Waals surface area contributed by atoms with Gasteiger partial charge in [0, 0.05) is 13.1 Å². The van der Waals surface area contributed by atoms with Crippen LogP contribution in [0.5, 0.6) is 0 Å². The summed E-state index contributed by atoms with van der Waals surface area (Å²) in [4.78, 5) is 41.0. The van der Waals surface area contributed by atoms with E-state index in [4.69, 9.17) is 5.73 Å². The van der Waals surface area contributed by atoms with Gasteiger partial charge in [-0.15, -0.1) is 0 Å². The molecule has 0 saturated heterocycles. The Balaban J connectivity index is 2.65. The summed E-state index contributed by atoms with van der Waals surface area (Å²) < 4.78 is 24.5. The zero-order chi connectivity index (χ0) is 19.4. The second-order valence-corrected chi connectivity index (χ2v) is 9.11. The van der Waals surface area contributed by atoms with E-state index in [1.165, 1.54) is 24.3 Å². The molecule has 2 aromatic carbocycles. The van der Waals surface area contributed by atoms with Gasteiger partial charge in [0.1, 0.15) is 11.6 Å². The summed E-state index contributed by atoms with van der Waals surface area (Å²) in [6.07, 6.45) is 0. The van der Waals surface area contributed by atoms with E-state index in [0.29, 0.717) is 0 Å². The molecule has 8 nitrogen and oxygen atoms in total. The minimum absolute atomic E-state index is 0.0351. The Morgan fingerprint density at radius 3 is 1.38 bits per heavy atom. The van der Waals surface area contributed by atoms with Gasteiger partial charge in [0.2, 0.25) is 0 Å². The summed E-state index contributed by atoms with van der Waals surface area (Å²) in [6.45, 7) is -0.151. The van der Waals surface area contributed by atoms with Gasteiger partial charge in [-0.1, -0.05) is 60.7 Å². The van der Waals surface area contributed by atoms with Crippen LogP contribution in [-0.4, -0.2) is 37.6 Å². The SMILES string of the molecule is NCCN(C(c1ccccc1)P(=O)(O)O)C(c1ccccc1)P(=O)(O)O. The fourth-order valence-electron chi connectivity index (χ4n) is 2.94. The molecule has 0 aliphatic carbocycles. The molecule has 0 aliphatic heterocycles. The number of nitrogens with zero attached hydrogens (tertiary/aromatic N) is 1. The van der Waals surface area contributed by atoms with Crippen LogP contribution in [0.25, 0.3) is 0 Å². The summed E-state index contributed by atoms with van der Waals surface area (Å²) in [5.41, 5.74) is 6.11. The molecular formula is C16H22N2O6P2. The lowest BCUT2D eigenvalue weighted by molar-refractivity contribution is 0.178. The molecule has 0 aromatic heterocycles. The highest BCUT2D eigenvalue weighted by Gasteiger charge is 2.45. The molecule has 6 N–H and O–H groups in total. The van der Waals surface area contributed by atoms with Gasteiger partial charge >= 0.3 is 15.2 Å². The van der Waals surface area contributed by atoms with Crippen molar-refractivity contribution in [3.8, 4) is 0 Å². The Kier molecular flexibility index (Phi) is 6.91. The number of hydrogen-bond donors (Lipinski definition) is 5. The first-order chi connectivity index (χ1) is 12.2. The van der Waals surface area contributed by atoms with Crippen molar-refractivity contribution in [2.45, 2.75) is 11.6 Å². The van der Waals surface area contributed by atoms with Gasteiger partial charge in [-0.3, -0.25) is 14.0 Å². The van der Waals surface area contributed by atoms with Crippen molar-refractivity contribution >= 4 is 15.2 Å². The highest BCUT2D eigenvalue weighted by molar-refractivity contribution is 7.53. The molecule has 142 valence electrons. The Morgan fingerprint density at radius 1 is 0.769 bits per heavy atom. The standard InChI is InChI=1S/C16H22N2O6P2/c17-11-12-18(15(25(19,20)21)13-7-3-1-4-8-13)16(26(22,23)24)14-9-5-2-6-10-14/h1-10,15-16H,11-12,17H2,(H2,19,20,21)(H2,22,23,24). The molecule has 0 radical (unpaired) electrons. The Labute approximate surface area is 151 Å². The number of nitrogens with two attached hydrogens (primary N) is 1. The van der Waals surface area contributed by atoms with E-state index in [0.717, 1.165) is 4.90 Å². The zero-order valence-corrected chi connectivity index (χ0v) is 15.7. The second-order valence-electron chi connectivity index (χ2n) is 5.77. The van der Waals surface area contributed by atoms with Gasteiger partial charge in [0.25, 0.3) is 0 Å². The smallest absolute Gasteiger partial charge is 0.329 e. The average Bonchev–Trinajstić information content (AvgIpc) is 2.55. The monoisotopic (exact) mass is 400 g/mol. The molecule has 0 bridgehead atoms. The molecule has 2 unspecified atom stereocenters. The minimum Gasteiger partial charge on any atom is -0.329 e. The number of hydrogen-bond acceptors (Lipinski definition) is 4. The molecule has 2 aromatic rings. The average molecular weight is 400 g/mol. The number of benzene rings is 2. The zero-order valence-electron chi connectivity index (χ0n) is 13.9. The van der Waals surface area contributed by atoms with Crippen LogP contribution >= 0.6 is 15.2 Å². The third-order valence-electron chi connectivity index (χ3n) is 3.85. The summed E-state index contributed by atoms with van der Waals surface area (Å²) in [6, 6.07) is 15.8. The van der Waals surface area contributed by atoms with Crippen molar-refractivity contribution < 1.29 is 28.7 Å². The predicted molar refractivity (Wildman–Crippen MR) is 98.2 cm³/mol. The van der Waals surface area contributed by atoms with Crippen molar-refractivity contribution in [2.75, 3.05) is 13.1 Å². The highest BCUT2D eigenvalue weighted by Crippen LogP contribution is 2.62. The van der Waals surface area contributed by atoms with Gasteiger partial charge in [0.05, 0.1) is 0 Å². The van der Waals surface area contributed by atoms with E-state index < -0.39 is 26.8 Å². The fraction of sp³-hybridized carbons (Fsp3) is 0.250. The Hall–Kier alpha value is -1.34. The van der Waals surface area contributed by atoms with E-state index in [1.54, 1.807) is 36.4 Å². The molecular weight excluding hydrogens is 378 g/mol. The summed E-state index contributed by atoms with van der Waals surface area (Å²) in [5, 5.41) is 0. The third-order valence-corrected chi connectivity index (χ3v) is 6.31. The van der Waals surface area contributed by atoms with Crippen LogP contribution in [0.4, 0.5) is 0 Å². The van der Waals surface area contributed by atoms with E-state index >= 15 is 0 Å². The van der Waals surface area contributed by atoms with Gasteiger partial charge in [-0.25, -0.2) is 0 Å². The molecule has 0 aliphatic rings. The first-order valence-electron chi connectivity index (χ1n) is 7.82. The highest BCUT2D eigenvalue weighted by atomic mass is 31.2. The molecule has 2 rings (SSSR count). The lowest BCUT2D eigenvalue weighted by Gasteiger charge is -2.38. The van der Waals surface area contributed by atoms with Crippen molar-refractivity contribution in [1.82, 2.24) is 4.90 Å². The molecule has 26 heavy (non-hydrogen) atoms. The number of rotatable bonds is 8. The van der Waals surface area contributed by atoms with Crippen LogP contribution in [0.15, 0.2) is 60.7 Å². The lowest BCUT2D eigenvalue weighted by Crippen LogP contribution is -2.36. The first kappa shape index (κ1) is 21.0. The van der Waals surface area contributed by atoms with Crippen LogP contribution in [0.3, 0.4) is 0 Å². The molecule has 0 saturated carbocycles. The molecule has 10 heteroatoms. The Morgan fingerprint density at radius 2 is 1.12 bits per heavy atom. The van der Waals surface area contributed by atoms with Crippen LogP contribution in [0, 0.1) is 0 Å². The van der Waals surface area contributed by atoms with Crippen molar-refractivity contribution in [3.63, 3.8) is 0 Å². The molecule has 2 atom stereocenters. The summed E-state index contributed by atoms with van der Waals surface area (Å²) in [7, 11) is -9.60. The molecule has 0 heterocycles. The third kappa shape index (κ3) is 5.10. The maximum absolute atomic E-state index is 12.3. The van der Waals surface area contributed by atoms with Gasteiger partial charge in [-0.05, 0) is 11.1 Å². The maximum atomic E-state index is 12.3. The van der Waals surface area contributed by atoms with Crippen LogP contribution < -0.4 is 5.73 Å². The van der Waals surface area contributed by atoms with Crippen molar-refractivity contribution in [1.29, 1.82) is 0 Å². The topological polar surface area (TPSA) is 144 Å². The van der Waals surface area contributed by atoms with E-state index in [1.807, 2.05) is 0 Å². The van der Waals surface area contributed by atoms with E-state index in [-0.39, 0.29) is 24.2 Å². The normalized spacial score (nSPS) is 15.0. The molecule has 0 fully saturated rings. The van der Waals surface area contributed by atoms with Crippen LogP contribution in [-0.2, 0) is 9.13 Å². The summed E-state index contributed by atoms with van der Waals surface area (Å²) in [5.74, 6) is -3.07. The lowest BCUT2D eigenvalue weighted by atomic mass is 10.1. The largest absolute Gasteiger partial charge is 0.347 e. The maximum Gasteiger partial charge on any atom is 0.347 e.